The quantitative estimate of drug-likeness (QED) is 0.501. The van der Waals surface area contributed by atoms with Crippen molar-refractivity contribution >= 4 is 0 Å². The van der Waals surface area contributed by atoms with E-state index in [9.17, 15) is 19.8 Å². The predicted octanol–water partition coefficient (Wildman–Crippen LogP) is 3.92. The van der Waals surface area contributed by atoms with E-state index in [-0.39, 0.29) is 35.7 Å². The number of aliphatic hydroxyl groups is 2. The minimum atomic E-state index is -1.00. The minimum Gasteiger partial charge on any atom is -0.393 e. The van der Waals surface area contributed by atoms with Crippen LogP contribution < -0.4 is 11.4 Å². The fourth-order valence-electron chi connectivity index (χ4n) is 11.7. The molecule has 1 aromatic heterocycles. The van der Waals surface area contributed by atoms with Crippen LogP contribution in [0.25, 0.3) is 5.69 Å². The van der Waals surface area contributed by atoms with Crippen molar-refractivity contribution in [1.29, 1.82) is 0 Å². The van der Waals surface area contributed by atoms with Crippen LogP contribution in [0.5, 0.6) is 0 Å². The largest absolute Gasteiger partial charge is 0.393 e. The van der Waals surface area contributed by atoms with Crippen LogP contribution in [0.3, 0.4) is 0 Å². The van der Waals surface area contributed by atoms with E-state index in [4.69, 9.17) is 9.47 Å². The number of hydrogen-bond acceptors (Lipinski definition) is 6. The third kappa shape index (κ3) is 3.45. The van der Waals surface area contributed by atoms with E-state index in [2.05, 4.69) is 32.9 Å². The first-order valence-electron chi connectivity index (χ1n) is 16.9. The highest BCUT2D eigenvalue weighted by Crippen LogP contribution is 2.73. The molecule has 2 aromatic rings. The van der Waals surface area contributed by atoms with Gasteiger partial charge in [0.1, 0.15) is 0 Å². The Balaban J connectivity index is 1.28. The van der Waals surface area contributed by atoms with Crippen molar-refractivity contribution in [2.75, 3.05) is 13.2 Å². The molecule has 1 unspecified atom stereocenters. The van der Waals surface area contributed by atoms with Gasteiger partial charge in [0.2, 0.25) is 0 Å². The van der Waals surface area contributed by atoms with Crippen molar-refractivity contribution in [3.63, 3.8) is 0 Å². The van der Waals surface area contributed by atoms with E-state index in [1.165, 1.54) is 4.57 Å². The van der Waals surface area contributed by atoms with Gasteiger partial charge < -0.3 is 19.7 Å². The molecule has 2 spiro atoms. The molecular weight excluding hydrogens is 558 g/mol. The third-order valence-electron chi connectivity index (χ3n) is 13.6. The van der Waals surface area contributed by atoms with Gasteiger partial charge in [-0.2, -0.15) is 0 Å². The Morgan fingerprint density at radius 2 is 1.75 bits per heavy atom. The zero-order valence-electron chi connectivity index (χ0n) is 26.2. The van der Waals surface area contributed by atoms with Gasteiger partial charge in [-0.1, -0.05) is 51.1 Å². The molecule has 4 aliphatic carbocycles. The molecule has 0 amide bonds. The number of para-hydroxylation sites is 1. The number of nitrogens with zero attached hydrogens (tertiary/aromatic N) is 3. The van der Waals surface area contributed by atoms with Crippen LogP contribution in [0, 0.1) is 34.5 Å². The van der Waals surface area contributed by atoms with E-state index in [0.29, 0.717) is 30.6 Å². The lowest BCUT2D eigenvalue weighted by Gasteiger charge is -2.72. The fourth-order valence-corrected chi connectivity index (χ4v) is 11.7. The van der Waals surface area contributed by atoms with E-state index < -0.39 is 34.4 Å². The smallest absolute Gasteiger partial charge is 0.352 e. The highest BCUT2D eigenvalue weighted by molar-refractivity contribution is 5.38. The number of ether oxygens (including phenoxy) is 2. The monoisotopic (exact) mass is 605 g/mol. The number of hydrogen-bond donors (Lipinski definition) is 2. The van der Waals surface area contributed by atoms with Crippen LogP contribution in [0.1, 0.15) is 78.6 Å². The first kappa shape index (κ1) is 29.0. The Kier molecular flexibility index (Phi) is 6.43. The molecule has 9 rings (SSSR count). The SMILES string of the molecule is C[C@H](COC1CCCCO1)[C@H]1CC[C@@H]2[C@]1(C)CC[C@H]1[C@]23C=C[C@]2(C[C@@H](O)C[C@@H](O)[C@]12C)n1c(=O)n(-c2ccccc2)c(=O)n13. The normalized spacial score (nSPS) is 44.5. The molecule has 44 heavy (non-hydrogen) atoms. The van der Waals surface area contributed by atoms with E-state index >= 15 is 0 Å². The van der Waals surface area contributed by atoms with Gasteiger partial charge in [-0.25, -0.2) is 23.5 Å². The second-order valence-electron chi connectivity index (χ2n) is 15.3. The maximum absolute atomic E-state index is 14.7. The average molecular weight is 606 g/mol. The lowest BCUT2D eigenvalue weighted by atomic mass is 9.40. The molecule has 9 nitrogen and oxygen atoms in total. The zero-order valence-corrected chi connectivity index (χ0v) is 26.2. The molecule has 2 N–H and O–H groups in total. The molecule has 7 aliphatic rings. The molecule has 3 saturated carbocycles. The summed E-state index contributed by atoms with van der Waals surface area (Å²) in [5, 5.41) is 23.0. The lowest BCUT2D eigenvalue weighted by molar-refractivity contribution is -0.239. The molecule has 0 radical (unpaired) electrons. The van der Waals surface area contributed by atoms with Crippen molar-refractivity contribution < 1.29 is 19.7 Å². The molecule has 3 aliphatic heterocycles. The summed E-state index contributed by atoms with van der Waals surface area (Å²) in [6.45, 7) is 8.25. The first-order valence-corrected chi connectivity index (χ1v) is 16.9. The summed E-state index contributed by atoms with van der Waals surface area (Å²) >= 11 is 0. The van der Waals surface area contributed by atoms with Crippen LogP contribution in [0.15, 0.2) is 52.1 Å². The summed E-state index contributed by atoms with van der Waals surface area (Å²) in [5.74, 6) is 0.766. The Morgan fingerprint density at radius 1 is 0.977 bits per heavy atom. The van der Waals surface area contributed by atoms with Crippen LogP contribution in [-0.2, 0) is 20.6 Å². The zero-order chi connectivity index (χ0) is 30.6. The first-order chi connectivity index (χ1) is 21.1. The lowest BCUT2D eigenvalue weighted by Crippen LogP contribution is -2.79. The van der Waals surface area contributed by atoms with Crippen molar-refractivity contribution in [2.45, 2.75) is 108 Å². The maximum atomic E-state index is 14.7. The summed E-state index contributed by atoms with van der Waals surface area (Å²) in [6.07, 6.45) is 10.2. The predicted molar refractivity (Wildman–Crippen MR) is 164 cm³/mol. The number of aromatic nitrogens is 3. The summed E-state index contributed by atoms with van der Waals surface area (Å²) in [7, 11) is 0. The molecule has 4 heterocycles. The fraction of sp³-hybridized carbons (Fsp3) is 0.714. The van der Waals surface area contributed by atoms with Crippen LogP contribution >= 0.6 is 0 Å². The number of aliphatic hydroxyl groups excluding tert-OH is 2. The molecule has 238 valence electrons. The minimum absolute atomic E-state index is 0.0507. The van der Waals surface area contributed by atoms with E-state index in [1.807, 2.05) is 18.2 Å². The molecule has 9 heteroatoms. The number of allylic oxidation sites excluding steroid dienone is 2. The van der Waals surface area contributed by atoms with Crippen molar-refractivity contribution in [2.24, 2.45) is 34.5 Å². The topological polar surface area (TPSA) is 108 Å². The van der Waals surface area contributed by atoms with E-state index in [0.717, 1.165) is 51.6 Å². The summed E-state index contributed by atoms with van der Waals surface area (Å²) in [6, 6.07) is 9.16. The second-order valence-corrected chi connectivity index (χ2v) is 15.3. The Hall–Kier alpha value is -2.46. The molecular formula is C35H47N3O6. The highest BCUT2D eigenvalue weighted by Gasteiger charge is 2.76. The van der Waals surface area contributed by atoms with Crippen molar-refractivity contribution in [3.05, 3.63) is 63.5 Å². The Labute approximate surface area is 258 Å². The van der Waals surface area contributed by atoms with Gasteiger partial charge in [0.05, 0.1) is 35.6 Å². The molecule has 2 bridgehead atoms. The second kappa shape index (κ2) is 9.77. The highest BCUT2D eigenvalue weighted by atomic mass is 16.7. The van der Waals surface area contributed by atoms with Gasteiger partial charge >= 0.3 is 11.4 Å². The third-order valence-corrected chi connectivity index (χ3v) is 13.6. The van der Waals surface area contributed by atoms with Gasteiger partial charge in [-0.3, -0.25) is 0 Å². The summed E-state index contributed by atoms with van der Waals surface area (Å²) in [4.78, 5) is 29.3. The Bertz CT molecular complexity index is 1590. The molecule has 11 atom stereocenters. The summed E-state index contributed by atoms with van der Waals surface area (Å²) < 4.78 is 17.0. The van der Waals surface area contributed by atoms with Crippen LogP contribution in [0.2, 0.25) is 0 Å². The standard InChI is InChI=1S/C35H47N3O6/c1-22(21-44-29-11-7-8-18-43-29)25-12-13-26-32(25,2)15-14-27-33(3)28(40)19-24(39)20-34(33)16-17-35(26,27)38-31(42)36(30(41)37(34)38)23-9-5-4-6-10-23/h4-6,9-10,16-17,22,24-29,39-40H,7-8,11-15,18-21H2,1-3H3/t22-,24+,25-,26-,27-,28-,29?,32-,33+,34-,35+/m1/s1. The molecule has 4 fully saturated rings. The van der Waals surface area contributed by atoms with Gasteiger partial charge in [0.25, 0.3) is 0 Å². The van der Waals surface area contributed by atoms with Crippen LogP contribution in [-0.4, -0.2) is 55.9 Å². The number of rotatable bonds is 5. The Morgan fingerprint density at radius 3 is 2.50 bits per heavy atom. The molecule has 1 aromatic carbocycles. The average Bonchev–Trinajstić information content (AvgIpc) is 3.52. The maximum Gasteiger partial charge on any atom is 0.352 e. The van der Waals surface area contributed by atoms with Crippen molar-refractivity contribution in [3.8, 4) is 5.69 Å². The van der Waals surface area contributed by atoms with Gasteiger partial charge in [0, 0.05) is 18.4 Å². The van der Waals surface area contributed by atoms with Gasteiger partial charge in [-0.15, -0.1) is 0 Å². The van der Waals surface area contributed by atoms with E-state index in [1.54, 1.807) is 21.5 Å². The number of fused-ring (bicyclic) bond motifs is 1. The van der Waals surface area contributed by atoms with Gasteiger partial charge in [-0.05, 0) is 92.6 Å². The van der Waals surface area contributed by atoms with Crippen molar-refractivity contribution in [1.82, 2.24) is 13.9 Å². The van der Waals surface area contributed by atoms with Crippen LogP contribution in [0.4, 0.5) is 0 Å². The summed E-state index contributed by atoms with van der Waals surface area (Å²) in [5.41, 5.74) is -2.74. The number of benzene rings is 1. The molecule has 1 saturated heterocycles. The van der Waals surface area contributed by atoms with Gasteiger partial charge in [0.15, 0.2) is 6.29 Å².